The van der Waals surface area contributed by atoms with E-state index in [2.05, 4.69) is 17.1 Å². The molecule has 1 heterocycles. The Hall–Kier alpha value is -1.53. The standard InChI is InChI=1S/C12H16FN3O2/c1-9-7-15(3-2-14-9)8-10-4-11(13)6-12(5-10)16(17)18/h4-6,9,14H,2-3,7-8H2,1H3/t9-/m1/s1. The normalized spacial score (nSPS) is 20.9. The second-order valence-electron chi connectivity index (χ2n) is 4.67. The third kappa shape index (κ3) is 3.24. The average Bonchev–Trinajstić information content (AvgIpc) is 2.28. The second kappa shape index (κ2) is 5.41. The summed E-state index contributed by atoms with van der Waals surface area (Å²) < 4.78 is 13.3. The predicted molar refractivity (Wildman–Crippen MR) is 65.8 cm³/mol. The highest BCUT2D eigenvalue weighted by Crippen LogP contribution is 2.18. The lowest BCUT2D eigenvalue weighted by Crippen LogP contribution is -2.48. The van der Waals surface area contributed by atoms with Gasteiger partial charge in [0.1, 0.15) is 5.82 Å². The topological polar surface area (TPSA) is 58.4 Å². The first-order valence-electron chi connectivity index (χ1n) is 5.94. The molecule has 1 fully saturated rings. The highest BCUT2D eigenvalue weighted by atomic mass is 19.1. The van der Waals surface area contributed by atoms with E-state index in [0.717, 1.165) is 25.7 Å². The fourth-order valence-electron chi connectivity index (χ4n) is 2.24. The van der Waals surface area contributed by atoms with Crippen molar-refractivity contribution in [1.82, 2.24) is 10.2 Å². The van der Waals surface area contributed by atoms with Crippen LogP contribution in [-0.4, -0.2) is 35.5 Å². The van der Waals surface area contributed by atoms with Gasteiger partial charge in [0.05, 0.1) is 11.0 Å². The van der Waals surface area contributed by atoms with E-state index in [9.17, 15) is 14.5 Å². The largest absolute Gasteiger partial charge is 0.312 e. The number of rotatable bonds is 3. The van der Waals surface area contributed by atoms with Crippen LogP contribution < -0.4 is 5.32 Å². The molecule has 1 aromatic carbocycles. The van der Waals surface area contributed by atoms with Gasteiger partial charge in [0, 0.05) is 38.3 Å². The van der Waals surface area contributed by atoms with Crippen LogP contribution in [0.15, 0.2) is 18.2 Å². The predicted octanol–water partition coefficient (Wildman–Crippen LogP) is 1.53. The molecule has 1 N–H and O–H groups in total. The smallest absolute Gasteiger partial charge is 0.272 e. The number of hydrogen-bond acceptors (Lipinski definition) is 4. The lowest BCUT2D eigenvalue weighted by Gasteiger charge is -2.31. The molecule has 1 saturated heterocycles. The van der Waals surface area contributed by atoms with Crippen molar-refractivity contribution in [3.8, 4) is 0 Å². The van der Waals surface area contributed by atoms with Crippen LogP contribution in [0.2, 0.25) is 0 Å². The fraction of sp³-hybridized carbons (Fsp3) is 0.500. The van der Waals surface area contributed by atoms with Gasteiger partial charge in [0.15, 0.2) is 0 Å². The monoisotopic (exact) mass is 253 g/mol. The Kier molecular flexibility index (Phi) is 3.88. The molecule has 1 atom stereocenters. The Balaban J connectivity index is 2.10. The van der Waals surface area contributed by atoms with Crippen LogP contribution in [0.4, 0.5) is 10.1 Å². The van der Waals surface area contributed by atoms with E-state index in [4.69, 9.17) is 0 Å². The van der Waals surface area contributed by atoms with Crippen LogP contribution in [0, 0.1) is 15.9 Å². The van der Waals surface area contributed by atoms with Gasteiger partial charge in [-0.15, -0.1) is 0 Å². The Labute approximate surface area is 105 Å². The fourth-order valence-corrected chi connectivity index (χ4v) is 2.24. The van der Waals surface area contributed by atoms with Crippen molar-refractivity contribution < 1.29 is 9.31 Å². The van der Waals surface area contributed by atoms with Crippen LogP contribution in [0.1, 0.15) is 12.5 Å². The SMILES string of the molecule is C[C@@H]1CN(Cc2cc(F)cc([N+](=O)[O-])c2)CCN1. The minimum absolute atomic E-state index is 0.187. The van der Waals surface area contributed by atoms with Crippen molar-refractivity contribution in [2.45, 2.75) is 19.5 Å². The molecule has 1 aromatic rings. The summed E-state index contributed by atoms with van der Waals surface area (Å²) >= 11 is 0. The van der Waals surface area contributed by atoms with Gasteiger partial charge in [0.25, 0.3) is 5.69 Å². The molecule has 18 heavy (non-hydrogen) atoms. The molecule has 2 rings (SSSR count). The molecule has 0 bridgehead atoms. The highest BCUT2D eigenvalue weighted by molar-refractivity contribution is 5.35. The van der Waals surface area contributed by atoms with Crippen LogP contribution in [-0.2, 0) is 6.54 Å². The van der Waals surface area contributed by atoms with Gasteiger partial charge in [-0.1, -0.05) is 0 Å². The van der Waals surface area contributed by atoms with E-state index < -0.39 is 10.7 Å². The van der Waals surface area contributed by atoms with Crippen molar-refractivity contribution in [3.05, 3.63) is 39.7 Å². The number of non-ortho nitro benzene ring substituents is 1. The van der Waals surface area contributed by atoms with Gasteiger partial charge in [-0.05, 0) is 18.6 Å². The molecule has 98 valence electrons. The van der Waals surface area contributed by atoms with Crippen LogP contribution in [0.25, 0.3) is 0 Å². The van der Waals surface area contributed by atoms with Gasteiger partial charge >= 0.3 is 0 Å². The zero-order valence-electron chi connectivity index (χ0n) is 10.2. The van der Waals surface area contributed by atoms with E-state index in [1.54, 1.807) is 0 Å². The summed E-state index contributed by atoms with van der Waals surface area (Å²) in [5, 5.41) is 14.0. The van der Waals surface area contributed by atoms with Crippen molar-refractivity contribution in [2.75, 3.05) is 19.6 Å². The summed E-state index contributed by atoms with van der Waals surface area (Å²) in [5.74, 6) is -0.553. The van der Waals surface area contributed by atoms with Crippen molar-refractivity contribution in [1.29, 1.82) is 0 Å². The van der Waals surface area contributed by atoms with E-state index in [-0.39, 0.29) is 5.69 Å². The van der Waals surface area contributed by atoms with Crippen molar-refractivity contribution in [3.63, 3.8) is 0 Å². The number of nitro groups is 1. The summed E-state index contributed by atoms with van der Waals surface area (Å²) in [4.78, 5) is 12.3. The highest BCUT2D eigenvalue weighted by Gasteiger charge is 2.17. The quantitative estimate of drug-likeness (QED) is 0.655. The molecular weight excluding hydrogens is 237 g/mol. The molecule has 1 aliphatic rings. The second-order valence-corrected chi connectivity index (χ2v) is 4.67. The van der Waals surface area contributed by atoms with Crippen molar-refractivity contribution >= 4 is 5.69 Å². The molecule has 0 aromatic heterocycles. The van der Waals surface area contributed by atoms with Gasteiger partial charge in [0.2, 0.25) is 0 Å². The minimum atomic E-state index is -0.563. The molecule has 0 amide bonds. The van der Waals surface area contributed by atoms with Gasteiger partial charge in [-0.3, -0.25) is 15.0 Å². The molecule has 5 nitrogen and oxygen atoms in total. The summed E-state index contributed by atoms with van der Waals surface area (Å²) in [6.45, 7) is 5.25. The van der Waals surface area contributed by atoms with Crippen LogP contribution in [0.5, 0.6) is 0 Å². The van der Waals surface area contributed by atoms with E-state index in [0.29, 0.717) is 18.2 Å². The number of benzene rings is 1. The maximum Gasteiger partial charge on any atom is 0.272 e. The number of piperazine rings is 1. The van der Waals surface area contributed by atoms with E-state index >= 15 is 0 Å². The summed E-state index contributed by atoms with van der Waals surface area (Å²) in [5.41, 5.74) is 0.462. The first kappa shape index (κ1) is 12.9. The zero-order chi connectivity index (χ0) is 13.1. The van der Waals surface area contributed by atoms with Crippen molar-refractivity contribution in [2.24, 2.45) is 0 Å². The Morgan fingerprint density at radius 1 is 1.56 bits per heavy atom. The number of nitro benzene ring substituents is 1. The summed E-state index contributed by atoms with van der Waals surface area (Å²) in [7, 11) is 0. The third-order valence-corrected chi connectivity index (χ3v) is 3.01. The van der Waals surface area contributed by atoms with E-state index in [1.165, 1.54) is 12.1 Å². The molecule has 0 radical (unpaired) electrons. The third-order valence-electron chi connectivity index (χ3n) is 3.01. The molecule has 1 aliphatic heterocycles. The maximum absolute atomic E-state index is 13.3. The van der Waals surface area contributed by atoms with Gasteiger partial charge in [-0.2, -0.15) is 0 Å². The lowest BCUT2D eigenvalue weighted by atomic mass is 10.1. The van der Waals surface area contributed by atoms with Crippen LogP contribution >= 0.6 is 0 Å². The minimum Gasteiger partial charge on any atom is -0.312 e. The van der Waals surface area contributed by atoms with E-state index in [1.807, 2.05) is 0 Å². The molecule has 0 spiro atoms. The molecular formula is C12H16FN3O2. The summed E-state index contributed by atoms with van der Waals surface area (Å²) in [6, 6.07) is 4.14. The molecule has 0 aliphatic carbocycles. The number of nitrogens with zero attached hydrogens (tertiary/aromatic N) is 2. The number of halogens is 1. The average molecular weight is 253 g/mol. The Bertz CT molecular complexity index is 453. The van der Waals surface area contributed by atoms with Gasteiger partial charge in [-0.25, -0.2) is 4.39 Å². The lowest BCUT2D eigenvalue weighted by molar-refractivity contribution is -0.385. The molecule has 6 heteroatoms. The molecule has 0 saturated carbocycles. The zero-order valence-corrected chi connectivity index (χ0v) is 10.2. The maximum atomic E-state index is 13.3. The summed E-state index contributed by atoms with van der Waals surface area (Å²) in [6.07, 6.45) is 0. The Morgan fingerprint density at radius 2 is 2.33 bits per heavy atom. The first-order chi connectivity index (χ1) is 8.54. The Morgan fingerprint density at radius 3 is 3.00 bits per heavy atom. The van der Waals surface area contributed by atoms with Gasteiger partial charge < -0.3 is 5.32 Å². The number of nitrogens with one attached hydrogen (secondary N) is 1. The molecule has 0 unspecified atom stereocenters. The number of hydrogen-bond donors (Lipinski definition) is 1. The van der Waals surface area contributed by atoms with Crippen LogP contribution in [0.3, 0.4) is 0 Å². The first-order valence-corrected chi connectivity index (χ1v) is 5.94.